The molecule has 1 fully saturated rings. The lowest BCUT2D eigenvalue weighted by atomic mass is 9.79. The van der Waals surface area contributed by atoms with Crippen LogP contribution >= 0.6 is 22.6 Å². The molecule has 1 N–H and O–H groups in total. The van der Waals surface area contributed by atoms with E-state index in [4.69, 9.17) is 9.47 Å². The van der Waals surface area contributed by atoms with Gasteiger partial charge in [-0.15, -0.1) is 0 Å². The molecule has 2 aliphatic rings. The van der Waals surface area contributed by atoms with Crippen molar-refractivity contribution in [1.82, 2.24) is 4.90 Å². The van der Waals surface area contributed by atoms with Crippen molar-refractivity contribution < 1.29 is 14.6 Å². The third kappa shape index (κ3) is 4.37. The third-order valence-corrected chi connectivity index (χ3v) is 6.08. The highest BCUT2D eigenvalue weighted by atomic mass is 123. The van der Waals surface area contributed by atoms with Gasteiger partial charge in [0.2, 0.25) is 0 Å². The molecule has 0 amide bonds. The predicted octanol–water partition coefficient (Wildman–Crippen LogP) is 4.35. The maximum atomic E-state index is 10.7. The van der Waals surface area contributed by atoms with Gasteiger partial charge >= 0.3 is 0 Å². The van der Waals surface area contributed by atoms with Crippen molar-refractivity contribution in [3.05, 3.63) is 33.4 Å². The van der Waals surface area contributed by atoms with Gasteiger partial charge in [-0.2, -0.15) is 0 Å². The van der Waals surface area contributed by atoms with Crippen LogP contribution in [0.5, 0.6) is 11.5 Å². The number of hydrogen-bond donors (Lipinski definition) is 1. The summed E-state index contributed by atoms with van der Waals surface area (Å²) in [6.45, 7) is 7.07. The molecule has 2 aliphatic heterocycles. The quantitative estimate of drug-likeness (QED) is 0.632. The Hall–Kier alpha value is -0.790. The van der Waals surface area contributed by atoms with Crippen molar-refractivity contribution in [3.8, 4) is 11.5 Å². The van der Waals surface area contributed by atoms with E-state index in [-0.39, 0.29) is 12.1 Å². The van der Waals surface area contributed by atoms with Crippen molar-refractivity contribution in [2.24, 2.45) is 11.8 Å². The summed E-state index contributed by atoms with van der Waals surface area (Å²) in [4.78, 5) is 2.56. The molecule has 0 saturated carbocycles. The molecule has 1 aromatic rings. The Balaban J connectivity index is 1.82. The Morgan fingerprint density at radius 1 is 1.35 bits per heavy atom. The summed E-state index contributed by atoms with van der Waals surface area (Å²) in [7, 11) is 1.69. The summed E-state index contributed by atoms with van der Waals surface area (Å²) in [6.07, 6.45) is 4.69. The fourth-order valence-electron chi connectivity index (χ4n) is 4.38. The Morgan fingerprint density at radius 3 is 2.85 bits per heavy atom. The van der Waals surface area contributed by atoms with Gasteiger partial charge in [-0.1, -0.05) is 36.4 Å². The van der Waals surface area contributed by atoms with Crippen LogP contribution in [0, 0.1) is 11.8 Å². The highest BCUT2D eigenvalue weighted by Crippen LogP contribution is 2.43. The number of benzene rings is 1. The monoisotopic (exact) mass is 467 g/mol. The molecule has 4 nitrogen and oxygen atoms in total. The second-order valence-corrected chi connectivity index (χ2v) is 8.55. The van der Waals surface area contributed by atoms with Gasteiger partial charge in [0.1, 0.15) is 6.61 Å². The van der Waals surface area contributed by atoms with Crippen LogP contribution in [0.25, 0.3) is 0 Å². The zero-order valence-corrected chi connectivity index (χ0v) is 18.1. The maximum absolute atomic E-state index is 10.7. The van der Waals surface area contributed by atoms with Crippen LogP contribution in [0.4, 0.5) is 0 Å². The second kappa shape index (κ2) is 8.93. The number of aliphatic hydroxyl groups excluding tert-OH is 1. The molecular weight excluding hydrogens is 437 g/mol. The lowest BCUT2D eigenvalue weighted by Crippen LogP contribution is -2.48. The minimum atomic E-state index is -0.222. The molecule has 0 aromatic heterocycles. The van der Waals surface area contributed by atoms with Gasteiger partial charge < -0.3 is 14.6 Å². The van der Waals surface area contributed by atoms with Crippen LogP contribution < -0.4 is 9.47 Å². The number of fused-ring (bicyclic) bond motifs is 3. The van der Waals surface area contributed by atoms with Gasteiger partial charge in [0.25, 0.3) is 0 Å². The second-order valence-electron chi connectivity index (χ2n) is 7.83. The molecule has 0 aliphatic carbocycles. The Labute approximate surface area is 170 Å². The van der Waals surface area contributed by atoms with Crippen LogP contribution in [-0.2, 0) is 6.42 Å². The van der Waals surface area contributed by atoms with Crippen LogP contribution in [0.3, 0.4) is 0 Å². The molecule has 0 bridgehead atoms. The van der Waals surface area contributed by atoms with E-state index in [1.807, 2.05) is 10.2 Å². The van der Waals surface area contributed by atoms with Gasteiger partial charge in [-0.3, -0.25) is 4.90 Å². The standard InChI is InChI=1S/C21H30INO3/c1-14(2)9-16-13-23-7-5-15-10-21(26-8-4-6-22)20(25-3)11-17(15)18(23)12-19(16)24/h4,6,10-11,14,16,18-19,24H,5,7-9,12-13H2,1-3H3/b6-4+/t16-,18-,19-/m1/s1/i22-4. The Kier molecular flexibility index (Phi) is 6.86. The average molecular weight is 467 g/mol. The first-order chi connectivity index (χ1) is 12.5. The molecule has 5 heteroatoms. The minimum absolute atomic E-state index is 0.222. The molecule has 1 aromatic carbocycles. The van der Waals surface area contributed by atoms with Crippen LogP contribution in [0.15, 0.2) is 22.3 Å². The molecule has 144 valence electrons. The molecule has 0 radical (unpaired) electrons. The maximum Gasteiger partial charge on any atom is 0.161 e. The molecule has 3 rings (SSSR count). The van der Waals surface area contributed by atoms with Crippen molar-refractivity contribution >= 4 is 22.6 Å². The van der Waals surface area contributed by atoms with Gasteiger partial charge in [-0.25, -0.2) is 0 Å². The summed E-state index contributed by atoms with van der Waals surface area (Å²) >= 11 is 2.19. The lowest BCUT2D eigenvalue weighted by molar-refractivity contribution is -0.0191. The number of nitrogens with zero attached hydrogens (tertiary/aromatic N) is 1. The predicted molar refractivity (Wildman–Crippen MR) is 113 cm³/mol. The van der Waals surface area contributed by atoms with Crippen molar-refractivity contribution in [2.45, 2.75) is 45.3 Å². The summed E-state index contributed by atoms with van der Waals surface area (Å²) in [5, 5.41) is 10.7. The molecule has 3 atom stereocenters. The van der Waals surface area contributed by atoms with Gasteiger partial charge in [-0.05, 0) is 64.5 Å². The highest BCUT2D eigenvalue weighted by molar-refractivity contribution is 14.1. The smallest absolute Gasteiger partial charge is 0.161 e. The van der Waals surface area contributed by atoms with Crippen molar-refractivity contribution in [2.75, 3.05) is 26.8 Å². The van der Waals surface area contributed by atoms with Crippen LogP contribution in [0.2, 0.25) is 0 Å². The topological polar surface area (TPSA) is 41.9 Å². The van der Waals surface area contributed by atoms with E-state index in [1.54, 1.807) is 7.11 Å². The number of ether oxygens (including phenoxy) is 2. The van der Waals surface area contributed by atoms with Gasteiger partial charge in [0, 0.05) is 19.1 Å². The summed E-state index contributed by atoms with van der Waals surface area (Å²) in [6, 6.07) is 4.55. The van der Waals surface area contributed by atoms with Crippen LogP contribution in [0.1, 0.15) is 43.9 Å². The Morgan fingerprint density at radius 2 is 2.15 bits per heavy atom. The lowest BCUT2D eigenvalue weighted by Gasteiger charge is -2.46. The van der Waals surface area contributed by atoms with E-state index in [2.05, 4.69) is 53.5 Å². The van der Waals surface area contributed by atoms with Crippen molar-refractivity contribution in [1.29, 1.82) is 0 Å². The van der Waals surface area contributed by atoms with E-state index in [9.17, 15) is 5.11 Å². The largest absolute Gasteiger partial charge is 0.493 e. The molecule has 0 spiro atoms. The third-order valence-electron chi connectivity index (χ3n) is 5.57. The van der Waals surface area contributed by atoms with E-state index < -0.39 is 0 Å². The van der Waals surface area contributed by atoms with E-state index in [0.29, 0.717) is 18.4 Å². The molecule has 1 saturated heterocycles. The summed E-state index contributed by atoms with van der Waals surface area (Å²) < 4.78 is 13.4. The number of aliphatic hydroxyl groups is 1. The average Bonchev–Trinajstić information content (AvgIpc) is 2.61. The number of piperidine rings is 1. The van der Waals surface area contributed by atoms with Crippen LogP contribution in [-0.4, -0.2) is 42.9 Å². The van der Waals surface area contributed by atoms with E-state index in [1.165, 1.54) is 11.1 Å². The Bertz CT molecular complexity index is 646. The number of halogens is 1. The molecule has 26 heavy (non-hydrogen) atoms. The summed E-state index contributed by atoms with van der Waals surface area (Å²) in [5.74, 6) is 2.60. The van der Waals surface area contributed by atoms with Crippen molar-refractivity contribution in [3.63, 3.8) is 0 Å². The molecule has 0 unspecified atom stereocenters. The number of hydrogen-bond acceptors (Lipinski definition) is 4. The molecule has 2 heterocycles. The highest BCUT2D eigenvalue weighted by Gasteiger charge is 2.38. The fourth-order valence-corrected chi connectivity index (χ4v) is 4.59. The van der Waals surface area contributed by atoms with Gasteiger partial charge in [0.05, 0.1) is 13.2 Å². The zero-order chi connectivity index (χ0) is 18.7. The molecular formula is C21H30INO3. The number of rotatable bonds is 6. The first-order valence-corrected chi connectivity index (χ1v) is 10.8. The van der Waals surface area contributed by atoms with E-state index >= 15 is 0 Å². The first-order valence-electron chi connectivity index (χ1n) is 9.54. The van der Waals surface area contributed by atoms with Gasteiger partial charge in [0.15, 0.2) is 11.5 Å². The fraction of sp³-hybridized carbons (Fsp3) is 0.619. The minimum Gasteiger partial charge on any atom is -0.493 e. The normalized spacial score (nSPS) is 26.0. The SMILES string of the molecule is COc1cc2c(cc1OC/C=C/[123I])CCN1C[C@@H](CC(C)C)[C@H](O)C[C@H]21. The summed E-state index contributed by atoms with van der Waals surface area (Å²) in [5.41, 5.74) is 2.63. The number of methoxy groups -OCH3 is 1. The van der Waals surface area contributed by atoms with E-state index in [0.717, 1.165) is 43.9 Å². The zero-order valence-electron chi connectivity index (χ0n) is 16.0. The first kappa shape index (κ1) is 20.0.